The topological polar surface area (TPSA) is 51.2 Å². The predicted molar refractivity (Wildman–Crippen MR) is 59.8 cm³/mol. The number of rotatable bonds is 3. The number of halogens is 2. The van der Waals surface area contributed by atoms with E-state index < -0.39 is 25.6 Å². The Morgan fingerprint density at radius 2 is 1.75 bits per heavy atom. The summed E-state index contributed by atoms with van der Waals surface area (Å²) in [6, 6.07) is 4.54. The Balaban J connectivity index is 3.18. The minimum atomic E-state index is -3.74. The van der Waals surface area contributed by atoms with E-state index in [2.05, 4.69) is 0 Å². The van der Waals surface area contributed by atoms with Crippen LogP contribution >= 0.6 is 11.6 Å². The van der Waals surface area contributed by atoms with E-state index >= 15 is 0 Å². The van der Waals surface area contributed by atoms with Crippen LogP contribution in [0.4, 0.5) is 4.39 Å². The van der Waals surface area contributed by atoms with Gasteiger partial charge >= 0.3 is 0 Å². The number of hydrogen-bond acceptors (Lipinski definition) is 3. The third-order valence-corrected chi connectivity index (χ3v) is 4.80. The number of hydrogen-bond donors (Lipinski definition) is 0. The molecule has 0 radical (unpaired) electrons. The van der Waals surface area contributed by atoms with Crippen molar-refractivity contribution >= 4 is 27.2 Å². The van der Waals surface area contributed by atoms with Crippen molar-refractivity contribution in [3.8, 4) is 0 Å². The van der Waals surface area contributed by atoms with E-state index in [1.165, 1.54) is 12.1 Å². The Labute approximate surface area is 98.1 Å². The summed E-state index contributed by atoms with van der Waals surface area (Å²) in [7, 11) is -3.74. The van der Waals surface area contributed by atoms with Crippen molar-refractivity contribution in [3.05, 3.63) is 35.6 Å². The van der Waals surface area contributed by atoms with Crippen LogP contribution in [-0.4, -0.2) is 24.7 Å². The summed E-state index contributed by atoms with van der Waals surface area (Å²) in [5, 5.41) is 0. The molecule has 3 nitrogen and oxygen atoms in total. The standard InChI is InChI=1S/C10H10ClFO3S/c1-10(11,16(2,14)15)9(13)7-3-5-8(12)6-4-7/h3-6H,1-2H3/t10-/m1/s1. The summed E-state index contributed by atoms with van der Waals surface area (Å²) >= 11 is 5.71. The highest BCUT2D eigenvalue weighted by Crippen LogP contribution is 2.26. The number of Topliss-reactive ketones (excluding diaryl/α,β-unsaturated/α-hetero) is 1. The largest absolute Gasteiger partial charge is 0.291 e. The van der Waals surface area contributed by atoms with E-state index in [9.17, 15) is 17.6 Å². The summed E-state index contributed by atoms with van der Waals surface area (Å²) in [6.45, 7) is 1.11. The normalized spacial score (nSPS) is 15.5. The molecular formula is C10H10ClFO3S. The number of carbonyl (C=O) groups is 1. The van der Waals surface area contributed by atoms with Crippen LogP contribution in [-0.2, 0) is 9.84 Å². The molecule has 0 heterocycles. The van der Waals surface area contributed by atoms with Crippen LogP contribution < -0.4 is 0 Å². The van der Waals surface area contributed by atoms with Gasteiger partial charge in [-0.2, -0.15) is 0 Å². The van der Waals surface area contributed by atoms with E-state index in [1.807, 2.05) is 0 Å². The van der Waals surface area contributed by atoms with Crippen LogP contribution in [0.25, 0.3) is 0 Å². The van der Waals surface area contributed by atoms with E-state index in [0.29, 0.717) is 0 Å². The quantitative estimate of drug-likeness (QED) is 0.620. The molecule has 0 aliphatic carbocycles. The van der Waals surface area contributed by atoms with Crippen LogP contribution in [0.5, 0.6) is 0 Å². The zero-order valence-corrected chi connectivity index (χ0v) is 10.3. The number of sulfone groups is 1. The van der Waals surface area contributed by atoms with Gasteiger partial charge in [-0.15, -0.1) is 0 Å². The molecule has 0 N–H and O–H groups in total. The smallest absolute Gasteiger partial charge is 0.204 e. The third kappa shape index (κ3) is 2.41. The maximum absolute atomic E-state index is 12.6. The fourth-order valence-corrected chi connectivity index (χ4v) is 1.59. The van der Waals surface area contributed by atoms with Crippen molar-refractivity contribution in [2.75, 3.05) is 6.26 Å². The number of alkyl halides is 1. The SMILES string of the molecule is C[C@](Cl)(C(=O)c1ccc(F)cc1)S(C)(=O)=O. The van der Waals surface area contributed by atoms with Gasteiger partial charge in [0.2, 0.25) is 4.21 Å². The molecule has 6 heteroatoms. The van der Waals surface area contributed by atoms with Gasteiger partial charge in [-0.05, 0) is 31.2 Å². The van der Waals surface area contributed by atoms with Crippen LogP contribution in [0.1, 0.15) is 17.3 Å². The van der Waals surface area contributed by atoms with Crippen molar-refractivity contribution in [1.82, 2.24) is 0 Å². The molecule has 0 fully saturated rings. The van der Waals surface area contributed by atoms with Crippen LogP contribution in [0.2, 0.25) is 0 Å². The molecule has 0 unspecified atom stereocenters. The maximum atomic E-state index is 12.6. The Kier molecular flexibility index (Phi) is 3.40. The highest BCUT2D eigenvalue weighted by molar-refractivity contribution is 7.94. The molecule has 1 rings (SSSR count). The molecule has 1 aromatic carbocycles. The van der Waals surface area contributed by atoms with Gasteiger partial charge in [0.25, 0.3) is 0 Å². The fourth-order valence-electron chi connectivity index (χ4n) is 1.03. The molecule has 88 valence electrons. The third-order valence-electron chi connectivity index (χ3n) is 2.21. The fraction of sp³-hybridized carbons (Fsp3) is 0.300. The first kappa shape index (κ1) is 13.1. The molecule has 0 amide bonds. The number of carbonyl (C=O) groups excluding carboxylic acids is 1. The van der Waals surface area contributed by atoms with Gasteiger partial charge in [-0.25, -0.2) is 12.8 Å². The second-order valence-corrected chi connectivity index (χ2v) is 6.87. The Bertz CT molecular complexity index is 505. The lowest BCUT2D eigenvalue weighted by molar-refractivity contribution is 0.0978. The molecule has 16 heavy (non-hydrogen) atoms. The molecule has 1 atom stereocenters. The second-order valence-electron chi connectivity index (χ2n) is 3.52. The van der Waals surface area contributed by atoms with Gasteiger partial charge in [0, 0.05) is 11.8 Å². The van der Waals surface area contributed by atoms with E-state index in [4.69, 9.17) is 11.6 Å². The van der Waals surface area contributed by atoms with E-state index in [1.54, 1.807) is 0 Å². The lowest BCUT2D eigenvalue weighted by Crippen LogP contribution is -2.37. The minimum Gasteiger partial charge on any atom is -0.291 e. The second kappa shape index (κ2) is 4.14. The molecule has 0 aliphatic rings. The molecule has 1 aromatic rings. The van der Waals surface area contributed by atoms with Crippen LogP contribution in [0.3, 0.4) is 0 Å². The summed E-state index contributed by atoms with van der Waals surface area (Å²) in [6.07, 6.45) is 0.876. The monoisotopic (exact) mass is 264 g/mol. The van der Waals surface area contributed by atoms with Gasteiger partial charge in [-0.1, -0.05) is 11.6 Å². The average molecular weight is 265 g/mol. The predicted octanol–water partition coefficient (Wildman–Crippen LogP) is 2.01. The van der Waals surface area contributed by atoms with Crippen molar-refractivity contribution in [2.45, 2.75) is 11.1 Å². The summed E-state index contributed by atoms with van der Waals surface area (Å²) in [5.74, 6) is -1.27. The lowest BCUT2D eigenvalue weighted by atomic mass is 10.1. The van der Waals surface area contributed by atoms with Gasteiger partial charge in [0.1, 0.15) is 5.82 Å². The molecule has 0 aliphatic heterocycles. The minimum absolute atomic E-state index is 0.0596. The van der Waals surface area contributed by atoms with Crippen LogP contribution in [0, 0.1) is 5.82 Å². The number of ketones is 1. The Morgan fingerprint density at radius 3 is 2.12 bits per heavy atom. The van der Waals surface area contributed by atoms with Crippen molar-refractivity contribution in [3.63, 3.8) is 0 Å². The first-order valence-corrected chi connectivity index (χ1v) is 6.62. The molecule has 0 bridgehead atoms. The van der Waals surface area contributed by atoms with Crippen molar-refractivity contribution in [1.29, 1.82) is 0 Å². The summed E-state index contributed by atoms with van der Waals surface area (Å²) in [5.41, 5.74) is 0.0596. The van der Waals surface area contributed by atoms with Gasteiger partial charge in [-0.3, -0.25) is 4.79 Å². The molecule has 0 saturated heterocycles. The first-order valence-electron chi connectivity index (χ1n) is 4.35. The number of benzene rings is 1. The summed E-state index contributed by atoms with van der Waals surface area (Å²) < 4.78 is 33.2. The van der Waals surface area contributed by atoms with Gasteiger partial charge in [0.05, 0.1) is 0 Å². The zero-order valence-electron chi connectivity index (χ0n) is 8.70. The van der Waals surface area contributed by atoms with Gasteiger partial charge < -0.3 is 0 Å². The molecular weight excluding hydrogens is 255 g/mol. The summed E-state index contributed by atoms with van der Waals surface area (Å²) in [4.78, 5) is 11.8. The van der Waals surface area contributed by atoms with E-state index in [-0.39, 0.29) is 5.56 Å². The highest BCUT2D eigenvalue weighted by Gasteiger charge is 2.41. The molecule has 0 aromatic heterocycles. The molecule has 0 saturated carbocycles. The highest BCUT2D eigenvalue weighted by atomic mass is 35.5. The zero-order chi connectivity index (χ0) is 12.6. The molecule has 0 spiro atoms. The average Bonchev–Trinajstić information content (AvgIpc) is 2.16. The maximum Gasteiger partial charge on any atom is 0.204 e. The van der Waals surface area contributed by atoms with Crippen molar-refractivity contribution in [2.24, 2.45) is 0 Å². The van der Waals surface area contributed by atoms with E-state index in [0.717, 1.165) is 25.3 Å². The Morgan fingerprint density at radius 1 is 1.31 bits per heavy atom. The first-order chi connectivity index (χ1) is 7.16. The lowest BCUT2D eigenvalue weighted by Gasteiger charge is -2.18. The Hall–Kier alpha value is -0.940. The van der Waals surface area contributed by atoms with Crippen molar-refractivity contribution < 1.29 is 17.6 Å². The van der Waals surface area contributed by atoms with Crippen LogP contribution in [0.15, 0.2) is 24.3 Å². The van der Waals surface area contributed by atoms with Gasteiger partial charge in [0.15, 0.2) is 15.6 Å².